The van der Waals surface area contributed by atoms with Crippen molar-refractivity contribution in [2.75, 3.05) is 13.1 Å². The van der Waals surface area contributed by atoms with E-state index in [0.717, 1.165) is 5.56 Å². The SMILES string of the molecule is Cc1ccc(C(=O)CCC(=O)N2C[C@H](C)O[C@@H](C)C2)cc1. The van der Waals surface area contributed by atoms with Crippen LogP contribution in [-0.2, 0) is 9.53 Å². The van der Waals surface area contributed by atoms with E-state index in [9.17, 15) is 9.59 Å². The van der Waals surface area contributed by atoms with Crippen molar-refractivity contribution in [3.63, 3.8) is 0 Å². The van der Waals surface area contributed by atoms with E-state index < -0.39 is 0 Å². The van der Waals surface area contributed by atoms with Crippen LogP contribution < -0.4 is 0 Å². The van der Waals surface area contributed by atoms with Crippen LogP contribution in [0.4, 0.5) is 0 Å². The highest BCUT2D eigenvalue weighted by atomic mass is 16.5. The third-order valence-electron chi connectivity index (χ3n) is 3.71. The average Bonchev–Trinajstić information content (AvgIpc) is 2.44. The molecule has 0 spiro atoms. The molecule has 1 amide bonds. The van der Waals surface area contributed by atoms with Crippen molar-refractivity contribution >= 4 is 11.7 Å². The second-order valence-corrected chi connectivity index (χ2v) is 5.85. The van der Waals surface area contributed by atoms with Crippen molar-refractivity contribution in [3.05, 3.63) is 35.4 Å². The summed E-state index contributed by atoms with van der Waals surface area (Å²) in [6.45, 7) is 7.14. The number of ether oxygens (including phenoxy) is 1. The Labute approximate surface area is 126 Å². The first-order valence-corrected chi connectivity index (χ1v) is 7.49. The van der Waals surface area contributed by atoms with E-state index in [4.69, 9.17) is 4.74 Å². The van der Waals surface area contributed by atoms with Gasteiger partial charge in [-0.3, -0.25) is 9.59 Å². The van der Waals surface area contributed by atoms with Crippen molar-refractivity contribution < 1.29 is 14.3 Å². The monoisotopic (exact) mass is 289 g/mol. The van der Waals surface area contributed by atoms with E-state index in [2.05, 4.69) is 0 Å². The molecule has 0 aliphatic carbocycles. The number of ketones is 1. The third-order valence-corrected chi connectivity index (χ3v) is 3.71. The Kier molecular flexibility index (Phi) is 5.12. The Morgan fingerprint density at radius 3 is 2.24 bits per heavy atom. The molecule has 0 saturated carbocycles. The number of benzene rings is 1. The van der Waals surface area contributed by atoms with E-state index in [1.165, 1.54) is 0 Å². The van der Waals surface area contributed by atoms with Gasteiger partial charge in [-0.25, -0.2) is 0 Å². The number of carbonyl (C=O) groups is 2. The fourth-order valence-corrected chi connectivity index (χ4v) is 2.64. The largest absolute Gasteiger partial charge is 0.372 e. The molecule has 0 unspecified atom stereocenters. The molecule has 2 rings (SSSR count). The molecule has 1 aliphatic rings. The highest BCUT2D eigenvalue weighted by molar-refractivity contribution is 5.97. The van der Waals surface area contributed by atoms with Gasteiger partial charge in [0.1, 0.15) is 0 Å². The molecule has 4 heteroatoms. The molecule has 1 saturated heterocycles. The number of amides is 1. The zero-order valence-corrected chi connectivity index (χ0v) is 13.0. The number of Topliss-reactive ketones (excluding diaryl/α,β-unsaturated/α-hetero) is 1. The molecule has 0 radical (unpaired) electrons. The second-order valence-electron chi connectivity index (χ2n) is 5.85. The lowest BCUT2D eigenvalue weighted by molar-refractivity contribution is -0.143. The minimum Gasteiger partial charge on any atom is -0.372 e. The number of aryl methyl sites for hydroxylation is 1. The smallest absolute Gasteiger partial charge is 0.223 e. The lowest BCUT2D eigenvalue weighted by Crippen LogP contribution is -2.48. The van der Waals surface area contributed by atoms with E-state index >= 15 is 0 Å². The van der Waals surface area contributed by atoms with Gasteiger partial charge < -0.3 is 9.64 Å². The molecule has 2 atom stereocenters. The summed E-state index contributed by atoms with van der Waals surface area (Å²) in [6, 6.07) is 7.48. The van der Waals surface area contributed by atoms with Crippen molar-refractivity contribution in [3.8, 4) is 0 Å². The van der Waals surface area contributed by atoms with Crippen LogP contribution in [0.3, 0.4) is 0 Å². The van der Waals surface area contributed by atoms with Gasteiger partial charge in [0, 0.05) is 31.5 Å². The normalized spacial score (nSPS) is 22.1. The molecule has 0 bridgehead atoms. The summed E-state index contributed by atoms with van der Waals surface area (Å²) in [5.41, 5.74) is 1.80. The molecule has 0 N–H and O–H groups in total. The molecule has 1 aromatic carbocycles. The Morgan fingerprint density at radius 2 is 1.67 bits per heavy atom. The standard InChI is InChI=1S/C17H23NO3/c1-12-4-6-15(7-5-12)16(19)8-9-17(20)18-10-13(2)21-14(3)11-18/h4-7,13-14H,8-11H2,1-3H3/t13-,14-/m0/s1. The van der Waals surface area contributed by atoms with Crippen LogP contribution in [0.25, 0.3) is 0 Å². The number of morpholine rings is 1. The van der Waals surface area contributed by atoms with Gasteiger partial charge in [-0.1, -0.05) is 29.8 Å². The summed E-state index contributed by atoms with van der Waals surface area (Å²) in [6.07, 6.45) is 0.657. The summed E-state index contributed by atoms with van der Waals surface area (Å²) in [5.74, 6) is 0.0650. The molecule has 1 aromatic rings. The van der Waals surface area contributed by atoms with Crippen LogP contribution in [0.5, 0.6) is 0 Å². The van der Waals surface area contributed by atoms with E-state index in [0.29, 0.717) is 18.7 Å². The van der Waals surface area contributed by atoms with Crippen molar-refractivity contribution in [2.24, 2.45) is 0 Å². The van der Waals surface area contributed by atoms with E-state index in [1.807, 2.05) is 45.0 Å². The van der Waals surface area contributed by atoms with Crippen LogP contribution in [-0.4, -0.2) is 41.9 Å². The van der Waals surface area contributed by atoms with Crippen molar-refractivity contribution in [2.45, 2.75) is 45.8 Å². The molecular formula is C17H23NO3. The molecule has 114 valence electrons. The molecule has 1 aliphatic heterocycles. The minimum atomic E-state index is 0.0257. The zero-order valence-electron chi connectivity index (χ0n) is 13.0. The Morgan fingerprint density at radius 1 is 1.10 bits per heavy atom. The van der Waals surface area contributed by atoms with Crippen LogP contribution in [0, 0.1) is 6.92 Å². The fraction of sp³-hybridized carbons (Fsp3) is 0.529. The molecule has 1 heterocycles. The molecule has 0 aromatic heterocycles. The number of hydrogen-bond acceptors (Lipinski definition) is 3. The predicted molar refractivity (Wildman–Crippen MR) is 81.3 cm³/mol. The zero-order chi connectivity index (χ0) is 15.4. The van der Waals surface area contributed by atoms with Gasteiger partial charge in [-0.15, -0.1) is 0 Å². The van der Waals surface area contributed by atoms with Gasteiger partial charge in [0.15, 0.2) is 5.78 Å². The predicted octanol–water partition coefficient (Wildman–Crippen LogP) is 2.59. The summed E-state index contributed by atoms with van der Waals surface area (Å²) < 4.78 is 5.61. The maximum absolute atomic E-state index is 12.2. The topological polar surface area (TPSA) is 46.6 Å². The highest BCUT2D eigenvalue weighted by Gasteiger charge is 2.25. The van der Waals surface area contributed by atoms with Crippen molar-refractivity contribution in [1.82, 2.24) is 4.90 Å². The first-order valence-electron chi connectivity index (χ1n) is 7.49. The molecule has 1 fully saturated rings. The van der Waals surface area contributed by atoms with Crippen LogP contribution >= 0.6 is 0 Å². The van der Waals surface area contributed by atoms with Gasteiger partial charge in [0.25, 0.3) is 0 Å². The summed E-state index contributed by atoms with van der Waals surface area (Å²) >= 11 is 0. The third kappa shape index (κ3) is 4.39. The summed E-state index contributed by atoms with van der Waals surface area (Å²) in [4.78, 5) is 26.1. The maximum Gasteiger partial charge on any atom is 0.223 e. The Balaban J connectivity index is 1.86. The van der Waals surface area contributed by atoms with Gasteiger partial charge in [-0.05, 0) is 20.8 Å². The highest BCUT2D eigenvalue weighted by Crippen LogP contribution is 2.14. The number of carbonyl (C=O) groups excluding carboxylic acids is 2. The lowest BCUT2D eigenvalue weighted by Gasteiger charge is -2.35. The van der Waals surface area contributed by atoms with E-state index in [1.54, 1.807) is 4.90 Å². The van der Waals surface area contributed by atoms with Gasteiger partial charge in [0.2, 0.25) is 5.91 Å². The minimum absolute atomic E-state index is 0.0257. The number of hydrogen-bond donors (Lipinski definition) is 0. The fourth-order valence-electron chi connectivity index (χ4n) is 2.64. The molecule has 21 heavy (non-hydrogen) atoms. The van der Waals surface area contributed by atoms with Gasteiger partial charge in [0.05, 0.1) is 12.2 Å². The number of nitrogens with zero attached hydrogens (tertiary/aromatic N) is 1. The van der Waals surface area contributed by atoms with Crippen LogP contribution in [0.15, 0.2) is 24.3 Å². The first-order chi connectivity index (χ1) is 9.95. The van der Waals surface area contributed by atoms with Gasteiger partial charge in [-0.2, -0.15) is 0 Å². The van der Waals surface area contributed by atoms with Crippen LogP contribution in [0.2, 0.25) is 0 Å². The Bertz CT molecular complexity index is 499. The first kappa shape index (κ1) is 15.7. The summed E-state index contributed by atoms with van der Waals surface area (Å²) in [5, 5.41) is 0. The quantitative estimate of drug-likeness (QED) is 0.800. The van der Waals surface area contributed by atoms with Crippen LogP contribution in [0.1, 0.15) is 42.6 Å². The molecular weight excluding hydrogens is 266 g/mol. The molecule has 4 nitrogen and oxygen atoms in total. The lowest BCUT2D eigenvalue weighted by atomic mass is 10.0. The summed E-state index contributed by atoms with van der Waals surface area (Å²) in [7, 11) is 0. The van der Waals surface area contributed by atoms with Gasteiger partial charge >= 0.3 is 0 Å². The Hall–Kier alpha value is -1.68. The maximum atomic E-state index is 12.2. The number of rotatable bonds is 4. The second kappa shape index (κ2) is 6.85. The van der Waals surface area contributed by atoms with Crippen molar-refractivity contribution in [1.29, 1.82) is 0 Å². The van der Waals surface area contributed by atoms with E-state index in [-0.39, 0.29) is 36.7 Å². The average molecular weight is 289 g/mol.